The van der Waals surface area contributed by atoms with Gasteiger partial charge in [-0.2, -0.15) is 5.10 Å². The van der Waals surface area contributed by atoms with E-state index in [9.17, 15) is 4.79 Å². The number of nitrogens with zero attached hydrogens (tertiary/aromatic N) is 2. The topological polar surface area (TPSA) is 67.5 Å². The Balaban J connectivity index is 1.72. The van der Waals surface area contributed by atoms with Crippen LogP contribution in [0, 0.1) is 13.8 Å². The largest absolute Gasteiger partial charge is 0.484 e. The van der Waals surface area contributed by atoms with E-state index in [0.717, 1.165) is 17.0 Å². The Morgan fingerprint density at radius 1 is 1.39 bits per heavy atom. The van der Waals surface area contributed by atoms with Crippen molar-refractivity contribution in [2.45, 2.75) is 19.9 Å². The Morgan fingerprint density at radius 3 is 2.87 bits per heavy atom. The summed E-state index contributed by atoms with van der Waals surface area (Å²) in [6.45, 7) is 5.52. The number of morpholine rings is 1. The Kier molecular flexibility index (Phi) is 4.62. The second-order valence-corrected chi connectivity index (χ2v) is 5.63. The van der Waals surface area contributed by atoms with Crippen LogP contribution in [-0.2, 0) is 9.53 Å². The zero-order valence-corrected chi connectivity index (χ0v) is 13.4. The number of hydrogen-bond acceptors (Lipinski definition) is 4. The Bertz CT molecular complexity index is 649. The van der Waals surface area contributed by atoms with Gasteiger partial charge in [0.05, 0.1) is 24.9 Å². The highest BCUT2D eigenvalue weighted by Gasteiger charge is 2.31. The first-order valence-electron chi connectivity index (χ1n) is 7.73. The minimum absolute atomic E-state index is 0.0243. The lowest BCUT2D eigenvalue weighted by molar-refractivity contribution is -0.142. The third-order valence-electron chi connectivity index (χ3n) is 4.07. The van der Waals surface area contributed by atoms with Crippen molar-refractivity contribution in [1.29, 1.82) is 0 Å². The molecule has 0 bridgehead atoms. The molecule has 1 amide bonds. The van der Waals surface area contributed by atoms with Crippen molar-refractivity contribution in [3.05, 3.63) is 47.3 Å². The molecule has 1 aromatic carbocycles. The minimum atomic E-state index is -0.116. The minimum Gasteiger partial charge on any atom is -0.484 e. The molecule has 2 aromatic rings. The van der Waals surface area contributed by atoms with Crippen LogP contribution in [0.2, 0.25) is 0 Å². The SMILES string of the molecule is Cc1n[nH]c(C)c1C1COCCN1C(=O)COc1ccccc1. The fourth-order valence-corrected chi connectivity index (χ4v) is 2.94. The maximum atomic E-state index is 12.6. The third-order valence-corrected chi connectivity index (χ3v) is 4.07. The van der Waals surface area contributed by atoms with Gasteiger partial charge in [-0.3, -0.25) is 9.89 Å². The predicted octanol–water partition coefficient (Wildman–Crippen LogP) is 2.01. The molecule has 6 heteroatoms. The zero-order chi connectivity index (χ0) is 16.2. The van der Waals surface area contributed by atoms with E-state index in [4.69, 9.17) is 9.47 Å². The van der Waals surface area contributed by atoms with E-state index in [1.807, 2.05) is 49.1 Å². The van der Waals surface area contributed by atoms with Crippen LogP contribution < -0.4 is 4.74 Å². The fraction of sp³-hybridized carbons (Fsp3) is 0.412. The van der Waals surface area contributed by atoms with Gasteiger partial charge in [-0.1, -0.05) is 18.2 Å². The van der Waals surface area contributed by atoms with E-state index in [2.05, 4.69) is 10.2 Å². The number of benzene rings is 1. The molecule has 1 atom stereocenters. The van der Waals surface area contributed by atoms with Gasteiger partial charge < -0.3 is 14.4 Å². The molecule has 1 aliphatic rings. The number of hydrogen-bond donors (Lipinski definition) is 1. The van der Waals surface area contributed by atoms with Crippen molar-refractivity contribution in [2.75, 3.05) is 26.4 Å². The second-order valence-electron chi connectivity index (χ2n) is 5.63. The van der Waals surface area contributed by atoms with Crippen molar-refractivity contribution in [3.8, 4) is 5.75 Å². The normalized spacial score (nSPS) is 18.0. The number of aromatic nitrogens is 2. The van der Waals surface area contributed by atoms with Crippen LogP contribution in [0.25, 0.3) is 0 Å². The number of aromatic amines is 1. The lowest BCUT2D eigenvalue weighted by Crippen LogP contribution is -2.45. The van der Waals surface area contributed by atoms with Gasteiger partial charge in [-0.05, 0) is 26.0 Å². The molecule has 0 saturated carbocycles. The maximum Gasteiger partial charge on any atom is 0.261 e. The Hall–Kier alpha value is -2.34. The molecule has 122 valence electrons. The monoisotopic (exact) mass is 315 g/mol. The molecular formula is C17H21N3O3. The van der Waals surface area contributed by atoms with Crippen LogP contribution in [0.15, 0.2) is 30.3 Å². The van der Waals surface area contributed by atoms with Gasteiger partial charge in [0, 0.05) is 17.8 Å². The quantitative estimate of drug-likeness (QED) is 0.937. The lowest BCUT2D eigenvalue weighted by Gasteiger charge is -2.36. The summed E-state index contributed by atoms with van der Waals surface area (Å²) in [5.41, 5.74) is 2.91. The van der Waals surface area contributed by atoms with Crippen LogP contribution in [0.1, 0.15) is 23.0 Å². The highest BCUT2D eigenvalue weighted by atomic mass is 16.5. The fourth-order valence-electron chi connectivity index (χ4n) is 2.94. The first-order valence-corrected chi connectivity index (χ1v) is 7.73. The number of H-pyrrole nitrogens is 1. The first-order chi connectivity index (χ1) is 11.2. The summed E-state index contributed by atoms with van der Waals surface area (Å²) in [6, 6.07) is 9.25. The van der Waals surface area contributed by atoms with Gasteiger partial charge in [-0.15, -0.1) is 0 Å². The van der Waals surface area contributed by atoms with Crippen molar-refractivity contribution in [1.82, 2.24) is 15.1 Å². The smallest absolute Gasteiger partial charge is 0.261 e. The van der Waals surface area contributed by atoms with Gasteiger partial charge in [-0.25, -0.2) is 0 Å². The van der Waals surface area contributed by atoms with Gasteiger partial charge in [0.25, 0.3) is 5.91 Å². The molecule has 6 nitrogen and oxygen atoms in total. The van der Waals surface area contributed by atoms with E-state index >= 15 is 0 Å². The average molecular weight is 315 g/mol. The number of nitrogens with one attached hydrogen (secondary N) is 1. The molecule has 1 N–H and O–H groups in total. The molecule has 1 aromatic heterocycles. The van der Waals surface area contributed by atoms with Crippen molar-refractivity contribution < 1.29 is 14.3 Å². The predicted molar refractivity (Wildman–Crippen MR) is 85.3 cm³/mol. The summed E-state index contributed by atoms with van der Waals surface area (Å²) in [5.74, 6) is 0.656. The molecule has 1 saturated heterocycles. The van der Waals surface area contributed by atoms with Gasteiger partial charge in [0.15, 0.2) is 6.61 Å². The van der Waals surface area contributed by atoms with Crippen molar-refractivity contribution in [3.63, 3.8) is 0 Å². The molecule has 3 rings (SSSR count). The Labute approximate surface area is 135 Å². The second kappa shape index (κ2) is 6.83. The van der Waals surface area contributed by atoms with Crippen LogP contribution >= 0.6 is 0 Å². The maximum absolute atomic E-state index is 12.6. The van der Waals surface area contributed by atoms with Crippen LogP contribution in [0.4, 0.5) is 0 Å². The number of ether oxygens (including phenoxy) is 2. The molecule has 1 aliphatic heterocycles. The number of rotatable bonds is 4. The van der Waals surface area contributed by atoms with E-state index in [-0.39, 0.29) is 18.6 Å². The van der Waals surface area contributed by atoms with Gasteiger partial charge in [0.2, 0.25) is 0 Å². The van der Waals surface area contributed by atoms with Crippen molar-refractivity contribution >= 4 is 5.91 Å². The molecule has 0 radical (unpaired) electrons. The van der Waals surface area contributed by atoms with Gasteiger partial charge >= 0.3 is 0 Å². The molecule has 1 fully saturated rings. The molecule has 0 spiro atoms. The standard InChI is InChI=1S/C17H21N3O3/c1-12-17(13(2)19-18-12)15-10-22-9-8-20(15)16(21)11-23-14-6-4-3-5-7-14/h3-7,15H,8-11H2,1-2H3,(H,18,19). The molecule has 23 heavy (non-hydrogen) atoms. The first kappa shape index (κ1) is 15.6. The van der Waals surface area contributed by atoms with E-state index < -0.39 is 0 Å². The molecular weight excluding hydrogens is 294 g/mol. The van der Waals surface area contributed by atoms with Crippen LogP contribution in [0.5, 0.6) is 5.75 Å². The Morgan fingerprint density at radius 2 is 2.17 bits per heavy atom. The summed E-state index contributed by atoms with van der Waals surface area (Å²) in [6.07, 6.45) is 0. The van der Waals surface area contributed by atoms with E-state index in [0.29, 0.717) is 25.5 Å². The van der Waals surface area contributed by atoms with Crippen LogP contribution in [-0.4, -0.2) is 47.4 Å². The summed E-state index contributed by atoms with van der Waals surface area (Å²) < 4.78 is 11.2. The number of amides is 1. The van der Waals surface area contributed by atoms with Crippen molar-refractivity contribution in [2.24, 2.45) is 0 Å². The summed E-state index contributed by atoms with van der Waals surface area (Å²) in [7, 11) is 0. The summed E-state index contributed by atoms with van der Waals surface area (Å²) >= 11 is 0. The van der Waals surface area contributed by atoms with E-state index in [1.54, 1.807) is 0 Å². The number of carbonyl (C=O) groups excluding carboxylic acids is 1. The zero-order valence-electron chi connectivity index (χ0n) is 13.4. The average Bonchev–Trinajstić information content (AvgIpc) is 2.92. The highest BCUT2D eigenvalue weighted by Crippen LogP contribution is 2.28. The number of para-hydroxylation sites is 1. The third kappa shape index (κ3) is 3.37. The highest BCUT2D eigenvalue weighted by molar-refractivity contribution is 5.78. The number of carbonyl (C=O) groups is 1. The lowest BCUT2D eigenvalue weighted by atomic mass is 10.0. The van der Waals surface area contributed by atoms with Crippen LogP contribution in [0.3, 0.4) is 0 Å². The number of aryl methyl sites for hydroxylation is 2. The van der Waals surface area contributed by atoms with Gasteiger partial charge in [0.1, 0.15) is 5.75 Å². The molecule has 2 heterocycles. The molecule has 0 aliphatic carbocycles. The van der Waals surface area contributed by atoms with E-state index in [1.165, 1.54) is 0 Å². The summed E-state index contributed by atoms with van der Waals surface area (Å²) in [4.78, 5) is 14.4. The summed E-state index contributed by atoms with van der Waals surface area (Å²) in [5, 5.41) is 7.21. The molecule has 1 unspecified atom stereocenters.